The lowest BCUT2D eigenvalue weighted by Crippen LogP contribution is -2.45. The Kier molecular flexibility index (Phi) is 3.61. The molecule has 0 radical (unpaired) electrons. The van der Waals surface area contributed by atoms with E-state index in [1.54, 1.807) is 6.20 Å². The summed E-state index contributed by atoms with van der Waals surface area (Å²) in [7, 11) is 0. The molecular formula is C12H20N4O. The minimum atomic E-state index is -0.555. The van der Waals surface area contributed by atoms with Gasteiger partial charge in [0.15, 0.2) is 0 Å². The second-order valence-electron chi connectivity index (χ2n) is 5.00. The van der Waals surface area contributed by atoms with Crippen LogP contribution in [0.2, 0.25) is 0 Å². The molecule has 0 bridgehead atoms. The summed E-state index contributed by atoms with van der Waals surface area (Å²) in [5.41, 5.74) is 3.14. The summed E-state index contributed by atoms with van der Waals surface area (Å²) in [6, 6.07) is 3.91. The van der Waals surface area contributed by atoms with Gasteiger partial charge in [0, 0.05) is 19.3 Å². The van der Waals surface area contributed by atoms with Gasteiger partial charge >= 0.3 is 0 Å². The molecule has 5 heteroatoms. The molecule has 0 saturated carbocycles. The lowest BCUT2D eigenvalue weighted by atomic mass is 9.95. The van der Waals surface area contributed by atoms with Gasteiger partial charge in [-0.15, -0.1) is 0 Å². The number of hydrazine groups is 1. The number of nitrogen functional groups attached to an aromatic ring is 1. The second-order valence-corrected chi connectivity index (χ2v) is 5.00. The smallest absolute Gasteiger partial charge is 0.140 e. The number of anilines is 1. The third kappa shape index (κ3) is 3.39. The van der Waals surface area contributed by atoms with Crippen molar-refractivity contribution in [2.24, 2.45) is 5.84 Å². The maximum atomic E-state index is 10.0. The fraction of sp³-hybridized carbons (Fsp3) is 0.583. The highest BCUT2D eigenvalue weighted by Crippen LogP contribution is 2.22. The molecule has 1 atom stereocenters. The number of pyridine rings is 1. The van der Waals surface area contributed by atoms with Crippen molar-refractivity contribution in [3.63, 3.8) is 0 Å². The summed E-state index contributed by atoms with van der Waals surface area (Å²) < 4.78 is 0. The van der Waals surface area contributed by atoms with Gasteiger partial charge in [-0.25, -0.2) is 10.8 Å². The van der Waals surface area contributed by atoms with E-state index in [4.69, 9.17) is 5.84 Å². The molecule has 1 fully saturated rings. The molecule has 1 aromatic rings. The first-order valence-corrected chi connectivity index (χ1v) is 5.95. The summed E-state index contributed by atoms with van der Waals surface area (Å²) >= 11 is 0. The average molecular weight is 236 g/mol. The van der Waals surface area contributed by atoms with Crippen LogP contribution in [-0.2, 0) is 6.54 Å². The number of piperidine rings is 1. The predicted molar refractivity (Wildman–Crippen MR) is 67.2 cm³/mol. The maximum Gasteiger partial charge on any atom is 0.140 e. The van der Waals surface area contributed by atoms with Crippen LogP contribution in [-0.4, -0.2) is 33.7 Å². The zero-order valence-electron chi connectivity index (χ0n) is 10.2. The average Bonchev–Trinajstić information content (AvgIpc) is 2.28. The number of likely N-dealkylation sites (tertiary alicyclic amines) is 1. The summed E-state index contributed by atoms with van der Waals surface area (Å²) in [5, 5.41) is 10.0. The Morgan fingerprint density at radius 1 is 1.65 bits per heavy atom. The van der Waals surface area contributed by atoms with Gasteiger partial charge in [0.1, 0.15) is 5.82 Å². The Bertz CT molecular complexity index is 381. The maximum absolute atomic E-state index is 10.0. The van der Waals surface area contributed by atoms with E-state index in [1.165, 1.54) is 0 Å². The molecule has 1 saturated heterocycles. The molecule has 1 aliphatic heterocycles. The first-order chi connectivity index (χ1) is 8.09. The van der Waals surface area contributed by atoms with Crippen LogP contribution in [0.25, 0.3) is 0 Å². The minimum absolute atomic E-state index is 0.555. The quantitative estimate of drug-likeness (QED) is 0.532. The Balaban J connectivity index is 2.00. The molecule has 1 unspecified atom stereocenters. The highest BCUT2D eigenvalue weighted by atomic mass is 16.3. The van der Waals surface area contributed by atoms with Crippen LogP contribution in [0.3, 0.4) is 0 Å². The predicted octanol–water partition coefficient (Wildman–Crippen LogP) is 0.714. The minimum Gasteiger partial charge on any atom is -0.389 e. The largest absolute Gasteiger partial charge is 0.389 e. The highest BCUT2D eigenvalue weighted by Gasteiger charge is 2.28. The highest BCUT2D eigenvalue weighted by molar-refractivity contribution is 5.35. The first-order valence-electron chi connectivity index (χ1n) is 5.95. The molecular weight excluding hydrogens is 216 g/mol. The fourth-order valence-corrected chi connectivity index (χ4v) is 2.37. The second kappa shape index (κ2) is 5.00. The molecule has 17 heavy (non-hydrogen) atoms. The standard InChI is InChI=1S/C12H20N4O/c1-12(17)4-2-6-16(9-12)8-10-3-5-14-11(7-10)15-13/h3,5,7,17H,2,4,6,8-9,13H2,1H3,(H,14,15). The van der Waals surface area contributed by atoms with Crippen LogP contribution in [0.1, 0.15) is 25.3 Å². The van der Waals surface area contributed by atoms with Gasteiger partial charge in [-0.2, -0.15) is 0 Å². The van der Waals surface area contributed by atoms with E-state index in [-0.39, 0.29) is 0 Å². The zero-order chi connectivity index (χ0) is 12.3. The van der Waals surface area contributed by atoms with Gasteiger partial charge in [0.2, 0.25) is 0 Å². The van der Waals surface area contributed by atoms with Crippen molar-refractivity contribution in [3.8, 4) is 0 Å². The molecule has 1 aliphatic rings. The van der Waals surface area contributed by atoms with Crippen molar-refractivity contribution in [1.29, 1.82) is 0 Å². The Hall–Kier alpha value is -1.17. The van der Waals surface area contributed by atoms with Gasteiger partial charge in [-0.1, -0.05) is 0 Å². The number of nitrogens with one attached hydrogen (secondary N) is 1. The van der Waals surface area contributed by atoms with Crippen molar-refractivity contribution < 1.29 is 5.11 Å². The molecule has 1 aromatic heterocycles. The van der Waals surface area contributed by atoms with Gasteiger partial charge < -0.3 is 10.5 Å². The monoisotopic (exact) mass is 236 g/mol. The number of aliphatic hydroxyl groups is 1. The number of hydrogen-bond donors (Lipinski definition) is 3. The zero-order valence-corrected chi connectivity index (χ0v) is 10.2. The van der Waals surface area contributed by atoms with Crippen LogP contribution < -0.4 is 11.3 Å². The van der Waals surface area contributed by atoms with Crippen molar-refractivity contribution in [3.05, 3.63) is 23.9 Å². The summed E-state index contributed by atoms with van der Waals surface area (Å²) in [6.45, 7) is 4.48. The Morgan fingerprint density at radius 2 is 2.47 bits per heavy atom. The Labute approximate surface area is 102 Å². The van der Waals surface area contributed by atoms with Gasteiger partial charge in [-0.3, -0.25) is 4.90 Å². The number of β-amino-alcohol motifs (C(OH)–C–C–N with tert-alkyl or cyclic N) is 1. The topological polar surface area (TPSA) is 74.4 Å². The summed E-state index contributed by atoms with van der Waals surface area (Å²) in [4.78, 5) is 6.34. The first kappa shape index (κ1) is 12.3. The van der Waals surface area contributed by atoms with Crippen LogP contribution >= 0.6 is 0 Å². The lowest BCUT2D eigenvalue weighted by molar-refractivity contribution is -0.0181. The molecule has 2 heterocycles. The van der Waals surface area contributed by atoms with Gasteiger partial charge in [-0.05, 0) is 44.0 Å². The van der Waals surface area contributed by atoms with E-state index < -0.39 is 5.60 Å². The third-order valence-corrected chi connectivity index (χ3v) is 3.13. The SMILES string of the molecule is CC1(O)CCCN(Cc2ccnc(NN)c2)C1. The number of nitrogens with zero attached hydrogens (tertiary/aromatic N) is 2. The molecule has 2 rings (SSSR count). The number of aromatic nitrogens is 1. The van der Waals surface area contributed by atoms with Crippen molar-refractivity contribution in [1.82, 2.24) is 9.88 Å². The van der Waals surface area contributed by atoms with Gasteiger partial charge in [0.25, 0.3) is 0 Å². The molecule has 94 valence electrons. The van der Waals surface area contributed by atoms with E-state index in [1.807, 2.05) is 19.1 Å². The lowest BCUT2D eigenvalue weighted by Gasteiger charge is -2.36. The third-order valence-electron chi connectivity index (χ3n) is 3.13. The molecule has 5 nitrogen and oxygen atoms in total. The summed E-state index contributed by atoms with van der Waals surface area (Å²) in [6.07, 6.45) is 3.67. The van der Waals surface area contributed by atoms with E-state index in [9.17, 15) is 5.11 Å². The molecule has 0 aliphatic carbocycles. The van der Waals surface area contributed by atoms with Crippen LogP contribution in [0, 0.1) is 0 Å². The van der Waals surface area contributed by atoms with Crippen LogP contribution in [0.5, 0.6) is 0 Å². The van der Waals surface area contributed by atoms with Crippen molar-refractivity contribution in [2.75, 3.05) is 18.5 Å². The summed E-state index contributed by atoms with van der Waals surface area (Å²) in [5.74, 6) is 6.00. The van der Waals surface area contributed by atoms with E-state index in [0.717, 1.165) is 38.0 Å². The van der Waals surface area contributed by atoms with Crippen molar-refractivity contribution in [2.45, 2.75) is 31.9 Å². The molecule has 0 aromatic carbocycles. The number of hydrogen-bond acceptors (Lipinski definition) is 5. The number of nitrogens with two attached hydrogens (primary N) is 1. The Morgan fingerprint density at radius 3 is 3.18 bits per heavy atom. The fourth-order valence-electron chi connectivity index (χ4n) is 2.37. The number of rotatable bonds is 3. The normalized spacial score (nSPS) is 25.8. The molecule has 0 amide bonds. The van der Waals surface area contributed by atoms with E-state index in [0.29, 0.717) is 5.82 Å². The van der Waals surface area contributed by atoms with E-state index >= 15 is 0 Å². The molecule has 4 N–H and O–H groups in total. The van der Waals surface area contributed by atoms with Gasteiger partial charge in [0.05, 0.1) is 5.60 Å². The van der Waals surface area contributed by atoms with Crippen LogP contribution in [0.4, 0.5) is 5.82 Å². The molecule has 0 spiro atoms. The van der Waals surface area contributed by atoms with Crippen LogP contribution in [0.15, 0.2) is 18.3 Å². The van der Waals surface area contributed by atoms with Crippen molar-refractivity contribution >= 4 is 5.82 Å². The van der Waals surface area contributed by atoms with E-state index in [2.05, 4.69) is 15.3 Å².